The third kappa shape index (κ3) is 3.47. The highest BCUT2D eigenvalue weighted by Gasteiger charge is 2.42. The van der Waals surface area contributed by atoms with Crippen molar-refractivity contribution in [1.29, 1.82) is 0 Å². The Morgan fingerprint density at radius 1 is 1.17 bits per heavy atom. The third-order valence-electron chi connectivity index (χ3n) is 4.40. The summed E-state index contributed by atoms with van der Waals surface area (Å²) in [6, 6.07) is 16.4. The van der Waals surface area contributed by atoms with Gasteiger partial charge in [0.25, 0.3) is 0 Å². The van der Waals surface area contributed by atoms with Crippen molar-refractivity contribution in [2.75, 3.05) is 13.1 Å². The fourth-order valence-electron chi connectivity index (χ4n) is 3.35. The molecule has 5 heteroatoms. The van der Waals surface area contributed by atoms with Crippen LogP contribution in [0.4, 0.5) is 4.39 Å². The Hall–Kier alpha value is -2.24. The standard InChI is InChI=1S/C19H22FN3O/c1-14(24)23-19(16-7-9-17(20)10-8-16)18(21-11-12-22-19)13-15-5-3-2-4-6-15/h2-10,18,21-22H,11-13H2,1H3,(H,23,24)/t18?,19-/m0/s1. The number of hydrogen-bond acceptors (Lipinski definition) is 3. The topological polar surface area (TPSA) is 53.2 Å². The van der Waals surface area contributed by atoms with E-state index >= 15 is 0 Å². The molecule has 1 unspecified atom stereocenters. The molecule has 0 radical (unpaired) electrons. The average molecular weight is 327 g/mol. The minimum atomic E-state index is -0.770. The van der Waals surface area contributed by atoms with E-state index in [9.17, 15) is 9.18 Å². The molecule has 1 aliphatic rings. The second kappa shape index (κ2) is 7.11. The Bertz CT molecular complexity index is 690. The molecule has 1 fully saturated rings. The molecule has 0 spiro atoms. The number of carbonyl (C=O) groups is 1. The lowest BCUT2D eigenvalue weighted by Gasteiger charge is -2.46. The zero-order valence-corrected chi connectivity index (χ0v) is 13.7. The maximum Gasteiger partial charge on any atom is 0.218 e. The van der Waals surface area contributed by atoms with Gasteiger partial charge in [-0.3, -0.25) is 10.1 Å². The van der Waals surface area contributed by atoms with Crippen LogP contribution in [0.15, 0.2) is 54.6 Å². The zero-order chi connectivity index (χ0) is 17.0. The molecule has 1 heterocycles. The van der Waals surface area contributed by atoms with E-state index in [1.54, 1.807) is 12.1 Å². The summed E-state index contributed by atoms with van der Waals surface area (Å²) in [6.45, 7) is 3.02. The molecule has 2 aromatic carbocycles. The summed E-state index contributed by atoms with van der Waals surface area (Å²) in [5, 5.41) is 10.0. The van der Waals surface area contributed by atoms with E-state index in [-0.39, 0.29) is 17.8 Å². The molecular formula is C19H22FN3O. The molecule has 0 bridgehead atoms. The molecule has 2 atom stereocenters. The van der Waals surface area contributed by atoms with Crippen molar-refractivity contribution in [3.63, 3.8) is 0 Å². The number of benzene rings is 2. The van der Waals surface area contributed by atoms with Gasteiger partial charge in [-0.2, -0.15) is 0 Å². The minimum absolute atomic E-state index is 0.0528. The molecule has 3 rings (SSSR count). The van der Waals surface area contributed by atoms with E-state index in [4.69, 9.17) is 0 Å². The first-order valence-corrected chi connectivity index (χ1v) is 8.17. The molecule has 0 aromatic heterocycles. The van der Waals surface area contributed by atoms with E-state index < -0.39 is 5.66 Å². The van der Waals surface area contributed by atoms with Gasteiger partial charge >= 0.3 is 0 Å². The lowest BCUT2D eigenvalue weighted by atomic mass is 9.85. The summed E-state index contributed by atoms with van der Waals surface area (Å²) >= 11 is 0. The second-order valence-corrected chi connectivity index (χ2v) is 6.12. The predicted octanol–water partition coefficient (Wildman–Crippen LogP) is 1.92. The van der Waals surface area contributed by atoms with Gasteiger partial charge in [0.2, 0.25) is 5.91 Å². The van der Waals surface area contributed by atoms with Crippen molar-refractivity contribution >= 4 is 5.91 Å². The Labute approximate surface area is 141 Å². The zero-order valence-electron chi connectivity index (χ0n) is 13.7. The molecule has 126 valence electrons. The van der Waals surface area contributed by atoms with Crippen molar-refractivity contribution in [2.45, 2.75) is 25.0 Å². The first-order valence-electron chi connectivity index (χ1n) is 8.17. The summed E-state index contributed by atoms with van der Waals surface area (Å²) in [6.07, 6.45) is 0.742. The fraction of sp³-hybridized carbons (Fsp3) is 0.316. The molecule has 4 nitrogen and oxygen atoms in total. The fourth-order valence-corrected chi connectivity index (χ4v) is 3.35. The van der Waals surface area contributed by atoms with Crippen LogP contribution in [0.2, 0.25) is 0 Å². The number of nitrogens with one attached hydrogen (secondary N) is 3. The summed E-state index contributed by atoms with van der Waals surface area (Å²) in [5.74, 6) is -0.423. The van der Waals surface area contributed by atoms with Gasteiger partial charge in [0.1, 0.15) is 11.5 Å². The lowest BCUT2D eigenvalue weighted by Crippen LogP contribution is -2.71. The van der Waals surface area contributed by atoms with E-state index in [0.29, 0.717) is 6.54 Å². The Morgan fingerprint density at radius 3 is 2.54 bits per heavy atom. The number of piperazine rings is 1. The van der Waals surface area contributed by atoms with E-state index in [1.807, 2.05) is 18.2 Å². The van der Waals surface area contributed by atoms with Crippen LogP contribution in [0.25, 0.3) is 0 Å². The number of hydrogen-bond donors (Lipinski definition) is 3. The average Bonchev–Trinajstić information content (AvgIpc) is 2.58. The summed E-state index contributed by atoms with van der Waals surface area (Å²) in [5.41, 5.74) is 1.25. The maximum atomic E-state index is 13.4. The minimum Gasteiger partial charge on any atom is -0.333 e. The molecule has 0 saturated carbocycles. The number of halogens is 1. The number of amides is 1. The molecule has 3 N–H and O–H groups in total. The first kappa shape index (κ1) is 16.6. The highest BCUT2D eigenvalue weighted by Crippen LogP contribution is 2.27. The van der Waals surface area contributed by atoms with Gasteiger partial charge in [0.05, 0.1) is 6.04 Å². The van der Waals surface area contributed by atoms with E-state index in [1.165, 1.54) is 24.6 Å². The van der Waals surface area contributed by atoms with E-state index in [0.717, 1.165) is 18.5 Å². The van der Waals surface area contributed by atoms with Crippen LogP contribution in [0.1, 0.15) is 18.1 Å². The monoisotopic (exact) mass is 327 g/mol. The Balaban J connectivity index is 1.99. The molecular weight excluding hydrogens is 305 g/mol. The number of rotatable bonds is 4. The van der Waals surface area contributed by atoms with Gasteiger partial charge in [-0.05, 0) is 29.7 Å². The summed E-state index contributed by atoms with van der Waals surface area (Å²) in [4.78, 5) is 11.9. The molecule has 0 aliphatic carbocycles. The smallest absolute Gasteiger partial charge is 0.218 e. The first-order chi connectivity index (χ1) is 11.6. The van der Waals surface area contributed by atoms with Gasteiger partial charge in [-0.15, -0.1) is 0 Å². The molecule has 24 heavy (non-hydrogen) atoms. The van der Waals surface area contributed by atoms with Crippen molar-refractivity contribution in [2.24, 2.45) is 0 Å². The van der Waals surface area contributed by atoms with Crippen LogP contribution in [0.3, 0.4) is 0 Å². The molecule has 2 aromatic rings. The van der Waals surface area contributed by atoms with Crippen molar-refractivity contribution < 1.29 is 9.18 Å². The van der Waals surface area contributed by atoms with Crippen LogP contribution in [-0.2, 0) is 16.9 Å². The van der Waals surface area contributed by atoms with Crippen LogP contribution in [-0.4, -0.2) is 25.0 Å². The van der Waals surface area contributed by atoms with Crippen LogP contribution >= 0.6 is 0 Å². The molecule has 1 aliphatic heterocycles. The van der Waals surface area contributed by atoms with Gasteiger partial charge in [-0.25, -0.2) is 4.39 Å². The van der Waals surface area contributed by atoms with E-state index in [2.05, 4.69) is 28.1 Å². The lowest BCUT2D eigenvalue weighted by molar-refractivity contribution is -0.122. The largest absolute Gasteiger partial charge is 0.333 e. The summed E-state index contributed by atoms with van der Waals surface area (Å²) in [7, 11) is 0. The second-order valence-electron chi connectivity index (χ2n) is 6.12. The van der Waals surface area contributed by atoms with Crippen LogP contribution < -0.4 is 16.0 Å². The van der Waals surface area contributed by atoms with Crippen molar-refractivity contribution in [1.82, 2.24) is 16.0 Å². The summed E-state index contributed by atoms with van der Waals surface area (Å²) < 4.78 is 13.4. The Kier molecular flexibility index (Phi) is 4.92. The van der Waals surface area contributed by atoms with Crippen molar-refractivity contribution in [3.8, 4) is 0 Å². The van der Waals surface area contributed by atoms with Crippen LogP contribution in [0, 0.1) is 5.82 Å². The maximum absolute atomic E-state index is 13.4. The normalized spacial score (nSPS) is 23.7. The number of carbonyl (C=O) groups excluding carboxylic acids is 1. The highest BCUT2D eigenvalue weighted by molar-refractivity contribution is 5.74. The van der Waals surface area contributed by atoms with Crippen LogP contribution in [0.5, 0.6) is 0 Å². The Morgan fingerprint density at radius 2 is 1.88 bits per heavy atom. The van der Waals surface area contributed by atoms with Gasteiger partial charge in [0.15, 0.2) is 0 Å². The quantitative estimate of drug-likeness (QED) is 0.804. The van der Waals surface area contributed by atoms with Crippen molar-refractivity contribution in [3.05, 3.63) is 71.5 Å². The van der Waals surface area contributed by atoms with Gasteiger partial charge in [0, 0.05) is 20.0 Å². The van der Waals surface area contributed by atoms with Gasteiger partial charge in [-0.1, -0.05) is 42.5 Å². The highest BCUT2D eigenvalue weighted by atomic mass is 19.1. The SMILES string of the molecule is CC(=O)N[C@]1(c2ccc(F)cc2)NCCNC1Cc1ccccc1. The molecule has 1 amide bonds. The molecule has 1 saturated heterocycles. The third-order valence-corrected chi connectivity index (χ3v) is 4.40. The van der Waals surface area contributed by atoms with Gasteiger partial charge < -0.3 is 10.6 Å². The predicted molar refractivity (Wildman–Crippen MR) is 91.8 cm³/mol.